The third kappa shape index (κ3) is 3.03. The molecule has 0 saturated heterocycles. The molecule has 2 amide bonds. The van der Waals surface area contributed by atoms with Gasteiger partial charge in [-0.3, -0.25) is 0 Å². The number of urea groups is 1. The molecular weight excluding hydrogens is 244 g/mol. The summed E-state index contributed by atoms with van der Waals surface area (Å²) in [6.45, 7) is 2.60. The minimum Gasteiger partial charge on any atom is -0.395 e. The van der Waals surface area contributed by atoms with Gasteiger partial charge in [0.25, 0.3) is 0 Å². The van der Waals surface area contributed by atoms with Crippen LogP contribution >= 0.6 is 0 Å². The molecule has 6 heteroatoms. The summed E-state index contributed by atoms with van der Waals surface area (Å²) in [7, 11) is 1.63. The molecule has 6 nitrogen and oxygen atoms in total. The number of aromatic nitrogens is 2. The molecule has 0 unspecified atom stereocenters. The number of aromatic amines is 1. The Bertz CT molecular complexity index is 579. The number of aliphatic hydroxyl groups is 1. The summed E-state index contributed by atoms with van der Waals surface area (Å²) in [5.74, 6) is 0.718. The van der Waals surface area contributed by atoms with E-state index in [0.717, 1.165) is 22.4 Å². The molecule has 0 saturated carbocycles. The zero-order chi connectivity index (χ0) is 13.8. The van der Waals surface area contributed by atoms with E-state index in [4.69, 9.17) is 5.11 Å². The number of H-pyrrole nitrogens is 1. The number of rotatable bonds is 4. The van der Waals surface area contributed by atoms with Crippen molar-refractivity contribution in [3.63, 3.8) is 0 Å². The lowest BCUT2D eigenvalue weighted by Crippen LogP contribution is -2.38. The number of fused-ring (bicyclic) bond motifs is 1. The molecule has 3 N–H and O–H groups in total. The minimum absolute atomic E-state index is 0.0479. The molecule has 0 spiro atoms. The topological polar surface area (TPSA) is 81.2 Å². The lowest BCUT2D eigenvalue weighted by Gasteiger charge is -2.15. The Morgan fingerprint density at radius 1 is 1.53 bits per heavy atom. The Balaban J connectivity index is 2.02. The Labute approximate surface area is 111 Å². The van der Waals surface area contributed by atoms with Gasteiger partial charge >= 0.3 is 6.03 Å². The summed E-state index contributed by atoms with van der Waals surface area (Å²) >= 11 is 0. The number of likely N-dealkylation sites (N-methyl/N-ethyl adjacent to an activating group) is 1. The summed E-state index contributed by atoms with van der Waals surface area (Å²) in [4.78, 5) is 20.7. The number of carbonyl (C=O) groups is 1. The second-order valence-corrected chi connectivity index (χ2v) is 4.46. The van der Waals surface area contributed by atoms with Crippen LogP contribution in [0.15, 0.2) is 18.2 Å². The molecule has 19 heavy (non-hydrogen) atoms. The number of nitrogens with zero attached hydrogens (tertiary/aromatic N) is 2. The van der Waals surface area contributed by atoms with Gasteiger partial charge in [0.05, 0.1) is 24.2 Å². The Morgan fingerprint density at radius 2 is 2.32 bits per heavy atom. The van der Waals surface area contributed by atoms with Crippen LogP contribution in [0.5, 0.6) is 0 Å². The van der Waals surface area contributed by atoms with E-state index in [0.29, 0.717) is 13.1 Å². The molecule has 2 rings (SSSR count). The largest absolute Gasteiger partial charge is 0.395 e. The molecular formula is C13H18N4O2. The zero-order valence-electron chi connectivity index (χ0n) is 11.1. The van der Waals surface area contributed by atoms with Crippen LogP contribution in [0.1, 0.15) is 11.4 Å². The van der Waals surface area contributed by atoms with E-state index < -0.39 is 0 Å². The molecule has 0 aliphatic heterocycles. The van der Waals surface area contributed by atoms with Gasteiger partial charge in [-0.2, -0.15) is 0 Å². The number of hydrogen-bond acceptors (Lipinski definition) is 3. The van der Waals surface area contributed by atoms with Crippen LogP contribution < -0.4 is 5.32 Å². The summed E-state index contributed by atoms with van der Waals surface area (Å²) in [6.07, 6.45) is 0. The van der Waals surface area contributed by atoms with Crippen molar-refractivity contribution in [2.45, 2.75) is 13.5 Å². The van der Waals surface area contributed by atoms with Gasteiger partial charge in [-0.25, -0.2) is 9.78 Å². The third-order valence-electron chi connectivity index (χ3n) is 2.95. The van der Waals surface area contributed by atoms with Gasteiger partial charge in [0, 0.05) is 13.6 Å². The maximum Gasteiger partial charge on any atom is 0.317 e. The molecule has 0 aliphatic rings. The summed E-state index contributed by atoms with van der Waals surface area (Å²) in [5, 5.41) is 11.5. The first-order chi connectivity index (χ1) is 9.11. The molecule has 1 aromatic heterocycles. The van der Waals surface area contributed by atoms with Gasteiger partial charge in [-0.1, -0.05) is 12.1 Å². The van der Waals surface area contributed by atoms with Crippen molar-refractivity contribution in [2.75, 3.05) is 20.2 Å². The Hall–Kier alpha value is -2.08. The standard InChI is InChI=1S/C13H18N4O2/c1-9-4-3-5-10-12(9)16-11(15-10)8-14-13(19)17(2)6-7-18/h3-5,18H,6-8H2,1-2H3,(H,14,19)(H,15,16). The van der Waals surface area contributed by atoms with Gasteiger partial charge in [0.15, 0.2) is 0 Å². The summed E-state index contributed by atoms with van der Waals surface area (Å²) < 4.78 is 0. The fraction of sp³-hybridized carbons (Fsp3) is 0.385. The highest BCUT2D eigenvalue weighted by molar-refractivity contribution is 5.78. The van der Waals surface area contributed by atoms with Crippen LogP contribution in [0.25, 0.3) is 11.0 Å². The molecule has 0 bridgehead atoms. The van der Waals surface area contributed by atoms with E-state index in [-0.39, 0.29) is 12.6 Å². The smallest absolute Gasteiger partial charge is 0.317 e. The second-order valence-electron chi connectivity index (χ2n) is 4.46. The molecule has 0 atom stereocenters. The highest BCUT2D eigenvalue weighted by Gasteiger charge is 2.09. The van der Waals surface area contributed by atoms with Crippen molar-refractivity contribution < 1.29 is 9.90 Å². The second kappa shape index (κ2) is 5.71. The molecule has 0 fully saturated rings. The quantitative estimate of drug-likeness (QED) is 0.769. The van der Waals surface area contributed by atoms with E-state index in [2.05, 4.69) is 15.3 Å². The van der Waals surface area contributed by atoms with Crippen LogP contribution in [0, 0.1) is 6.92 Å². The number of aryl methyl sites for hydroxylation is 1. The number of hydrogen-bond donors (Lipinski definition) is 3. The van der Waals surface area contributed by atoms with Crippen molar-refractivity contribution in [2.24, 2.45) is 0 Å². The van der Waals surface area contributed by atoms with Crippen molar-refractivity contribution >= 4 is 17.1 Å². The number of nitrogens with one attached hydrogen (secondary N) is 2. The number of imidazole rings is 1. The molecule has 1 heterocycles. The van der Waals surface area contributed by atoms with E-state index in [1.54, 1.807) is 7.05 Å². The molecule has 1 aromatic carbocycles. The van der Waals surface area contributed by atoms with Crippen molar-refractivity contribution in [1.29, 1.82) is 0 Å². The highest BCUT2D eigenvalue weighted by Crippen LogP contribution is 2.15. The van der Waals surface area contributed by atoms with Gasteiger partial charge in [-0.15, -0.1) is 0 Å². The lowest BCUT2D eigenvalue weighted by molar-refractivity contribution is 0.190. The van der Waals surface area contributed by atoms with Crippen molar-refractivity contribution in [1.82, 2.24) is 20.2 Å². The molecule has 0 radical (unpaired) electrons. The SMILES string of the molecule is Cc1cccc2[nH]c(CNC(=O)N(C)CCO)nc12. The van der Waals surface area contributed by atoms with Gasteiger partial charge < -0.3 is 20.3 Å². The molecule has 102 valence electrons. The number of aliphatic hydroxyl groups excluding tert-OH is 1. The van der Waals surface area contributed by atoms with Crippen LogP contribution in [0.3, 0.4) is 0 Å². The van der Waals surface area contributed by atoms with Gasteiger partial charge in [0.1, 0.15) is 5.82 Å². The van der Waals surface area contributed by atoms with Crippen LogP contribution in [-0.4, -0.2) is 46.2 Å². The van der Waals surface area contributed by atoms with Crippen LogP contribution in [0.2, 0.25) is 0 Å². The van der Waals surface area contributed by atoms with Crippen LogP contribution in [-0.2, 0) is 6.54 Å². The van der Waals surface area contributed by atoms with Crippen LogP contribution in [0.4, 0.5) is 4.79 Å². The van der Waals surface area contributed by atoms with Gasteiger partial charge in [-0.05, 0) is 18.6 Å². The number of amides is 2. The highest BCUT2D eigenvalue weighted by atomic mass is 16.3. The summed E-state index contributed by atoms with van der Waals surface area (Å²) in [5.41, 5.74) is 2.99. The third-order valence-corrected chi connectivity index (χ3v) is 2.95. The van der Waals surface area contributed by atoms with E-state index in [1.165, 1.54) is 4.90 Å². The van der Waals surface area contributed by atoms with Crippen molar-refractivity contribution in [3.8, 4) is 0 Å². The maximum atomic E-state index is 11.7. The fourth-order valence-corrected chi connectivity index (χ4v) is 1.86. The van der Waals surface area contributed by atoms with E-state index >= 15 is 0 Å². The fourth-order valence-electron chi connectivity index (χ4n) is 1.86. The molecule has 2 aromatic rings. The Morgan fingerprint density at radius 3 is 3.00 bits per heavy atom. The zero-order valence-corrected chi connectivity index (χ0v) is 11.1. The predicted molar refractivity (Wildman–Crippen MR) is 72.8 cm³/mol. The van der Waals surface area contributed by atoms with E-state index in [1.807, 2.05) is 25.1 Å². The number of para-hydroxylation sites is 1. The predicted octanol–water partition coefficient (Wildman–Crippen LogP) is 1.01. The first-order valence-electron chi connectivity index (χ1n) is 6.16. The lowest BCUT2D eigenvalue weighted by atomic mass is 10.2. The van der Waals surface area contributed by atoms with Crippen molar-refractivity contribution in [3.05, 3.63) is 29.6 Å². The van der Waals surface area contributed by atoms with E-state index in [9.17, 15) is 4.79 Å². The summed E-state index contributed by atoms with van der Waals surface area (Å²) in [6, 6.07) is 5.69. The Kier molecular flexibility index (Phi) is 4.01. The monoisotopic (exact) mass is 262 g/mol. The minimum atomic E-state index is -0.230. The first kappa shape index (κ1) is 13.4. The average molecular weight is 262 g/mol. The first-order valence-corrected chi connectivity index (χ1v) is 6.16. The normalized spacial score (nSPS) is 10.7. The average Bonchev–Trinajstić information content (AvgIpc) is 2.80. The maximum absolute atomic E-state index is 11.7. The number of carbonyl (C=O) groups excluding carboxylic acids is 1. The van der Waals surface area contributed by atoms with Gasteiger partial charge in [0.2, 0.25) is 0 Å². The number of benzene rings is 1. The molecule has 0 aliphatic carbocycles.